The molecule has 1 aromatic heterocycles. The molecule has 0 spiro atoms. The molecule has 0 radical (unpaired) electrons. The second-order valence-corrected chi connectivity index (χ2v) is 6.32. The van der Waals surface area contributed by atoms with Gasteiger partial charge in [0.05, 0.1) is 5.52 Å². The number of nitrogens with one attached hydrogen (secondary N) is 1. The lowest BCUT2D eigenvalue weighted by molar-refractivity contribution is 0.0950. The molecule has 0 fully saturated rings. The van der Waals surface area contributed by atoms with Crippen molar-refractivity contribution in [3.05, 3.63) is 59.3 Å². The van der Waals surface area contributed by atoms with Crippen molar-refractivity contribution in [2.24, 2.45) is 0 Å². The van der Waals surface area contributed by atoms with E-state index in [2.05, 4.69) is 48.2 Å². The molecular formula is C21H23N3O. The zero-order chi connectivity index (χ0) is 17.8. The smallest absolute Gasteiger partial charge is 0.270 e. The normalized spacial score (nSPS) is 10.8. The van der Waals surface area contributed by atoms with Crippen molar-refractivity contribution < 1.29 is 4.79 Å². The Balaban J connectivity index is 2.08. The number of aryl methyl sites for hydroxylation is 2. The fourth-order valence-corrected chi connectivity index (χ4v) is 2.72. The fraction of sp³-hybridized carbons (Fsp3) is 0.286. The molecule has 25 heavy (non-hydrogen) atoms. The van der Waals surface area contributed by atoms with Gasteiger partial charge in [-0.2, -0.15) is 0 Å². The van der Waals surface area contributed by atoms with Crippen molar-refractivity contribution >= 4 is 16.8 Å². The van der Waals surface area contributed by atoms with Crippen LogP contribution in [-0.2, 0) is 0 Å². The lowest BCUT2D eigenvalue weighted by Gasteiger charge is -2.10. The van der Waals surface area contributed by atoms with E-state index >= 15 is 0 Å². The van der Waals surface area contributed by atoms with Gasteiger partial charge in [0.15, 0.2) is 5.82 Å². The summed E-state index contributed by atoms with van der Waals surface area (Å²) in [6.45, 7) is 6.90. The molecule has 0 atom stereocenters. The van der Waals surface area contributed by atoms with Crippen molar-refractivity contribution in [3.8, 4) is 11.4 Å². The number of rotatable bonds is 5. The molecule has 4 heteroatoms. The van der Waals surface area contributed by atoms with Gasteiger partial charge in [0.1, 0.15) is 5.69 Å². The maximum Gasteiger partial charge on any atom is 0.270 e. The van der Waals surface area contributed by atoms with Gasteiger partial charge in [-0.1, -0.05) is 43.7 Å². The first kappa shape index (κ1) is 17.1. The van der Waals surface area contributed by atoms with Gasteiger partial charge in [0.2, 0.25) is 0 Å². The van der Waals surface area contributed by atoms with E-state index < -0.39 is 0 Å². The number of aromatic nitrogens is 2. The average molecular weight is 333 g/mol. The van der Waals surface area contributed by atoms with Gasteiger partial charge in [-0.05, 0) is 43.5 Å². The molecule has 128 valence electrons. The van der Waals surface area contributed by atoms with Gasteiger partial charge in [-0.15, -0.1) is 0 Å². The van der Waals surface area contributed by atoms with Gasteiger partial charge in [-0.25, -0.2) is 9.97 Å². The molecule has 0 aliphatic rings. The Morgan fingerprint density at radius 2 is 1.84 bits per heavy atom. The van der Waals surface area contributed by atoms with E-state index in [4.69, 9.17) is 0 Å². The maximum atomic E-state index is 12.6. The van der Waals surface area contributed by atoms with E-state index in [0.29, 0.717) is 18.1 Å². The highest BCUT2D eigenvalue weighted by Gasteiger charge is 2.15. The Kier molecular flexibility index (Phi) is 5.08. The first-order chi connectivity index (χ1) is 12.1. The number of carbonyl (C=O) groups is 1. The standard InChI is InChI=1S/C21H23N3O/c1-4-5-12-22-21(25)19-17-8-6-7-9-18(17)23-20(24-19)16-11-10-14(2)15(3)13-16/h6-11,13H,4-5,12H2,1-3H3,(H,22,25). The van der Waals surface area contributed by atoms with Crippen molar-refractivity contribution in [1.82, 2.24) is 15.3 Å². The van der Waals surface area contributed by atoms with Crippen LogP contribution in [0, 0.1) is 13.8 Å². The van der Waals surface area contributed by atoms with Crippen molar-refractivity contribution in [1.29, 1.82) is 0 Å². The van der Waals surface area contributed by atoms with E-state index in [1.165, 1.54) is 11.1 Å². The van der Waals surface area contributed by atoms with Gasteiger partial charge in [0, 0.05) is 17.5 Å². The molecule has 1 N–H and O–H groups in total. The summed E-state index contributed by atoms with van der Waals surface area (Å²) < 4.78 is 0. The summed E-state index contributed by atoms with van der Waals surface area (Å²) in [5.74, 6) is 0.444. The Labute approximate surface area is 148 Å². The second kappa shape index (κ2) is 7.43. The Hall–Kier alpha value is -2.75. The molecule has 1 amide bonds. The Bertz CT molecular complexity index is 918. The number of carbonyl (C=O) groups excluding carboxylic acids is 1. The molecular weight excluding hydrogens is 310 g/mol. The molecule has 3 rings (SSSR count). The Morgan fingerprint density at radius 3 is 2.60 bits per heavy atom. The molecule has 2 aromatic carbocycles. The number of nitrogens with zero attached hydrogens (tertiary/aromatic N) is 2. The van der Waals surface area contributed by atoms with Gasteiger partial charge in [0.25, 0.3) is 5.91 Å². The molecule has 0 aliphatic heterocycles. The predicted octanol–water partition coefficient (Wildman–Crippen LogP) is 4.44. The highest BCUT2D eigenvalue weighted by molar-refractivity contribution is 6.04. The van der Waals surface area contributed by atoms with Gasteiger partial charge >= 0.3 is 0 Å². The summed E-state index contributed by atoms with van der Waals surface area (Å²) in [5.41, 5.74) is 4.56. The average Bonchev–Trinajstić information content (AvgIpc) is 2.63. The number of unbranched alkanes of at least 4 members (excludes halogenated alkanes) is 1. The van der Waals surface area contributed by atoms with Crippen molar-refractivity contribution in [2.45, 2.75) is 33.6 Å². The molecule has 0 saturated carbocycles. The maximum absolute atomic E-state index is 12.6. The number of hydrogen-bond acceptors (Lipinski definition) is 3. The second-order valence-electron chi connectivity index (χ2n) is 6.32. The monoisotopic (exact) mass is 333 g/mol. The molecule has 0 aliphatic carbocycles. The molecule has 0 bridgehead atoms. The fourth-order valence-electron chi connectivity index (χ4n) is 2.72. The number of fused-ring (bicyclic) bond motifs is 1. The third-order valence-electron chi connectivity index (χ3n) is 4.40. The molecule has 4 nitrogen and oxygen atoms in total. The number of benzene rings is 2. The van der Waals surface area contributed by atoms with Gasteiger partial charge in [-0.3, -0.25) is 4.79 Å². The van der Waals surface area contributed by atoms with Crippen LogP contribution in [0.1, 0.15) is 41.4 Å². The zero-order valence-electron chi connectivity index (χ0n) is 15.0. The lowest BCUT2D eigenvalue weighted by atomic mass is 10.1. The van der Waals surface area contributed by atoms with Crippen LogP contribution in [0.3, 0.4) is 0 Å². The molecule has 1 heterocycles. The zero-order valence-corrected chi connectivity index (χ0v) is 15.0. The van der Waals surface area contributed by atoms with E-state index in [9.17, 15) is 4.79 Å². The summed E-state index contributed by atoms with van der Waals surface area (Å²) in [5, 5.41) is 3.74. The summed E-state index contributed by atoms with van der Waals surface area (Å²) >= 11 is 0. The first-order valence-electron chi connectivity index (χ1n) is 8.72. The van der Waals surface area contributed by atoms with Crippen molar-refractivity contribution in [3.63, 3.8) is 0 Å². The summed E-state index contributed by atoms with van der Waals surface area (Å²) in [6.07, 6.45) is 2.00. The van der Waals surface area contributed by atoms with Crippen LogP contribution >= 0.6 is 0 Å². The van der Waals surface area contributed by atoms with Crippen LogP contribution in [0.2, 0.25) is 0 Å². The Morgan fingerprint density at radius 1 is 1.04 bits per heavy atom. The lowest BCUT2D eigenvalue weighted by Crippen LogP contribution is -2.26. The van der Waals surface area contributed by atoms with Gasteiger partial charge < -0.3 is 5.32 Å². The summed E-state index contributed by atoms with van der Waals surface area (Å²) in [7, 11) is 0. The van der Waals surface area contributed by atoms with Crippen LogP contribution in [0.4, 0.5) is 0 Å². The van der Waals surface area contributed by atoms with E-state index in [0.717, 1.165) is 29.3 Å². The first-order valence-corrected chi connectivity index (χ1v) is 8.72. The third kappa shape index (κ3) is 3.68. The molecule has 3 aromatic rings. The largest absolute Gasteiger partial charge is 0.351 e. The molecule has 0 saturated heterocycles. The van der Waals surface area contributed by atoms with E-state index in [1.807, 2.05) is 30.3 Å². The number of para-hydroxylation sites is 1. The number of amides is 1. The van der Waals surface area contributed by atoms with Crippen molar-refractivity contribution in [2.75, 3.05) is 6.54 Å². The van der Waals surface area contributed by atoms with E-state index in [1.54, 1.807) is 0 Å². The highest BCUT2D eigenvalue weighted by atomic mass is 16.1. The third-order valence-corrected chi connectivity index (χ3v) is 4.40. The van der Waals surface area contributed by atoms with Crippen LogP contribution in [0.25, 0.3) is 22.3 Å². The minimum Gasteiger partial charge on any atom is -0.351 e. The SMILES string of the molecule is CCCCNC(=O)c1nc(-c2ccc(C)c(C)c2)nc2ccccc12. The van der Waals surface area contributed by atoms with Crippen LogP contribution in [0.5, 0.6) is 0 Å². The minimum absolute atomic E-state index is 0.142. The van der Waals surface area contributed by atoms with Crippen LogP contribution in [0.15, 0.2) is 42.5 Å². The van der Waals surface area contributed by atoms with E-state index in [-0.39, 0.29) is 5.91 Å². The predicted molar refractivity (Wildman–Crippen MR) is 102 cm³/mol. The van der Waals surface area contributed by atoms with Crippen LogP contribution < -0.4 is 5.32 Å². The quantitative estimate of drug-likeness (QED) is 0.702. The topological polar surface area (TPSA) is 54.9 Å². The van der Waals surface area contributed by atoms with Crippen LogP contribution in [-0.4, -0.2) is 22.4 Å². The summed E-state index contributed by atoms with van der Waals surface area (Å²) in [6, 6.07) is 13.8. The molecule has 0 unspecified atom stereocenters. The number of hydrogen-bond donors (Lipinski definition) is 1. The minimum atomic E-state index is -0.142. The summed E-state index contributed by atoms with van der Waals surface area (Å²) in [4.78, 5) is 21.9. The highest BCUT2D eigenvalue weighted by Crippen LogP contribution is 2.23.